The highest BCUT2D eigenvalue weighted by Crippen LogP contribution is 2.28. The molecule has 1 N–H and O–H groups in total. The van der Waals surface area contributed by atoms with E-state index in [1.807, 2.05) is 13.8 Å². The third-order valence-corrected chi connectivity index (χ3v) is 2.69. The van der Waals surface area contributed by atoms with Crippen LogP contribution in [0.4, 0.5) is 4.39 Å². The fraction of sp³-hybridized carbons (Fsp3) is 0.357. The molecule has 0 aromatic heterocycles. The number of carbonyl (C=O) groups is 1. The van der Waals surface area contributed by atoms with Crippen molar-refractivity contribution in [2.75, 3.05) is 6.54 Å². The van der Waals surface area contributed by atoms with E-state index in [-0.39, 0.29) is 17.8 Å². The van der Waals surface area contributed by atoms with E-state index in [0.717, 1.165) is 11.1 Å². The highest BCUT2D eigenvalue weighted by atomic mass is 19.1. The second-order valence-corrected chi connectivity index (χ2v) is 4.66. The van der Waals surface area contributed by atoms with Gasteiger partial charge in [-0.1, -0.05) is 5.57 Å². The van der Waals surface area contributed by atoms with Gasteiger partial charge in [0.15, 0.2) is 0 Å². The second kappa shape index (κ2) is 5.21. The molecule has 1 heterocycles. The second-order valence-electron chi connectivity index (χ2n) is 4.66. The first-order valence-corrected chi connectivity index (χ1v) is 5.92. The number of fused-ring (bicyclic) bond motifs is 1. The minimum absolute atomic E-state index is 0.115. The molecule has 3 nitrogen and oxygen atoms in total. The van der Waals surface area contributed by atoms with Crippen LogP contribution in [-0.2, 0) is 11.2 Å². The van der Waals surface area contributed by atoms with Crippen LogP contribution < -0.4 is 10.1 Å². The summed E-state index contributed by atoms with van der Waals surface area (Å²) in [6.07, 6.45) is 2.06. The normalized spacial score (nSPS) is 16.7. The number of carbonyl (C=O) groups excluding carboxylic acids is 1. The first kappa shape index (κ1) is 12.6. The summed E-state index contributed by atoms with van der Waals surface area (Å²) in [5.74, 6) is 0.324. The summed E-state index contributed by atoms with van der Waals surface area (Å²) in [6, 6.07) is 4.48. The van der Waals surface area contributed by atoms with Gasteiger partial charge in [-0.15, -0.1) is 0 Å². The summed E-state index contributed by atoms with van der Waals surface area (Å²) in [5, 5.41) is 2.77. The van der Waals surface area contributed by atoms with Crippen LogP contribution in [0.1, 0.15) is 19.4 Å². The Balaban J connectivity index is 1.88. The Morgan fingerprint density at radius 3 is 3.06 bits per heavy atom. The van der Waals surface area contributed by atoms with E-state index < -0.39 is 0 Å². The lowest BCUT2D eigenvalue weighted by Crippen LogP contribution is -2.33. The van der Waals surface area contributed by atoms with Gasteiger partial charge in [0.25, 0.3) is 0 Å². The number of ether oxygens (including phenoxy) is 1. The van der Waals surface area contributed by atoms with Gasteiger partial charge in [0.05, 0.1) is 6.54 Å². The van der Waals surface area contributed by atoms with Gasteiger partial charge in [0, 0.05) is 18.1 Å². The average Bonchev–Trinajstić information content (AvgIpc) is 2.67. The highest BCUT2D eigenvalue weighted by molar-refractivity contribution is 5.88. The summed E-state index contributed by atoms with van der Waals surface area (Å²) in [4.78, 5) is 11.4. The van der Waals surface area contributed by atoms with Gasteiger partial charge < -0.3 is 10.1 Å². The highest BCUT2D eigenvalue weighted by Gasteiger charge is 2.23. The quantitative estimate of drug-likeness (QED) is 0.834. The summed E-state index contributed by atoms with van der Waals surface area (Å²) in [7, 11) is 0. The number of hydrogen-bond donors (Lipinski definition) is 1. The Bertz CT molecular complexity index is 493. The molecule has 4 heteroatoms. The predicted octanol–water partition coefficient (Wildman–Crippen LogP) is 2.21. The van der Waals surface area contributed by atoms with Crippen molar-refractivity contribution in [3.63, 3.8) is 0 Å². The molecule has 0 saturated heterocycles. The van der Waals surface area contributed by atoms with Gasteiger partial charge in [-0.05, 0) is 32.0 Å². The van der Waals surface area contributed by atoms with E-state index in [1.54, 1.807) is 12.1 Å². The van der Waals surface area contributed by atoms with Crippen molar-refractivity contribution in [2.24, 2.45) is 0 Å². The number of benzene rings is 1. The standard InChI is InChI=1S/C14H16FNO2/c1-9(2)5-14(17)16-8-12-7-10-6-11(15)3-4-13(10)18-12/h3-6,12H,7-8H2,1-2H3,(H,16,17)/t12-/m0/s1. The average molecular weight is 249 g/mol. The summed E-state index contributed by atoms with van der Waals surface area (Å²) in [6.45, 7) is 4.16. The molecule has 1 aliphatic heterocycles. The monoisotopic (exact) mass is 249 g/mol. The van der Waals surface area contributed by atoms with E-state index in [0.29, 0.717) is 18.7 Å². The van der Waals surface area contributed by atoms with Crippen molar-refractivity contribution in [3.8, 4) is 5.75 Å². The summed E-state index contributed by atoms with van der Waals surface area (Å²) >= 11 is 0. The van der Waals surface area contributed by atoms with Crippen LogP contribution in [0.15, 0.2) is 29.8 Å². The van der Waals surface area contributed by atoms with Crippen molar-refractivity contribution < 1.29 is 13.9 Å². The summed E-state index contributed by atoms with van der Waals surface area (Å²) in [5.41, 5.74) is 1.81. The first-order valence-electron chi connectivity index (χ1n) is 5.92. The maximum absolute atomic E-state index is 13.0. The van der Waals surface area contributed by atoms with Crippen LogP contribution >= 0.6 is 0 Å². The lowest BCUT2D eigenvalue weighted by molar-refractivity contribution is -0.116. The maximum atomic E-state index is 13.0. The smallest absolute Gasteiger partial charge is 0.244 e. The summed E-state index contributed by atoms with van der Waals surface area (Å²) < 4.78 is 18.6. The fourth-order valence-corrected chi connectivity index (χ4v) is 1.93. The van der Waals surface area contributed by atoms with Gasteiger partial charge in [0.2, 0.25) is 5.91 Å². The maximum Gasteiger partial charge on any atom is 0.244 e. The molecule has 0 saturated carbocycles. The molecule has 1 aromatic rings. The topological polar surface area (TPSA) is 38.3 Å². The Kier molecular flexibility index (Phi) is 3.65. The number of halogens is 1. The van der Waals surface area contributed by atoms with E-state index in [9.17, 15) is 9.18 Å². The van der Waals surface area contributed by atoms with Gasteiger partial charge in [0.1, 0.15) is 17.7 Å². The third kappa shape index (κ3) is 3.09. The molecule has 0 fully saturated rings. The zero-order valence-electron chi connectivity index (χ0n) is 10.5. The lowest BCUT2D eigenvalue weighted by atomic mass is 10.1. The number of amides is 1. The van der Waals surface area contributed by atoms with E-state index in [4.69, 9.17) is 4.74 Å². The van der Waals surface area contributed by atoms with E-state index >= 15 is 0 Å². The third-order valence-electron chi connectivity index (χ3n) is 2.69. The molecule has 1 aromatic carbocycles. The minimum atomic E-state index is -0.258. The minimum Gasteiger partial charge on any atom is -0.488 e. The van der Waals surface area contributed by atoms with Crippen molar-refractivity contribution in [1.82, 2.24) is 5.32 Å². The molecule has 0 aliphatic carbocycles. The molecule has 2 rings (SSSR count). The predicted molar refractivity (Wildman–Crippen MR) is 67.0 cm³/mol. The van der Waals surface area contributed by atoms with Crippen LogP contribution in [0.25, 0.3) is 0 Å². The van der Waals surface area contributed by atoms with Crippen molar-refractivity contribution in [3.05, 3.63) is 41.2 Å². The number of nitrogens with one attached hydrogen (secondary N) is 1. The largest absolute Gasteiger partial charge is 0.488 e. The number of hydrogen-bond acceptors (Lipinski definition) is 2. The van der Waals surface area contributed by atoms with Crippen LogP contribution in [0.2, 0.25) is 0 Å². The number of rotatable bonds is 3. The van der Waals surface area contributed by atoms with Crippen LogP contribution in [0.5, 0.6) is 5.75 Å². The molecular weight excluding hydrogens is 233 g/mol. The van der Waals surface area contributed by atoms with Crippen LogP contribution in [0, 0.1) is 5.82 Å². The fourth-order valence-electron chi connectivity index (χ4n) is 1.93. The van der Waals surface area contributed by atoms with E-state index in [1.165, 1.54) is 12.1 Å². The molecule has 1 atom stereocenters. The van der Waals surface area contributed by atoms with Crippen molar-refractivity contribution in [1.29, 1.82) is 0 Å². The van der Waals surface area contributed by atoms with Crippen LogP contribution in [-0.4, -0.2) is 18.6 Å². The molecule has 0 bridgehead atoms. The van der Waals surface area contributed by atoms with Gasteiger partial charge in [-0.25, -0.2) is 4.39 Å². The zero-order chi connectivity index (χ0) is 13.1. The Morgan fingerprint density at radius 2 is 2.33 bits per heavy atom. The molecule has 0 radical (unpaired) electrons. The molecular formula is C14H16FNO2. The van der Waals surface area contributed by atoms with Crippen molar-refractivity contribution >= 4 is 5.91 Å². The molecule has 18 heavy (non-hydrogen) atoms. The number of allylic oxidation sites excluding steroid dienone is 1. The molecule has 0 unspecified atom stereocenters. The first-order chi connectivity index (χ1) is 8.54. The zero-order valence-corrected chi connectivity index (χ0v) is 10.5. The van der Waals surface area contributed by atoms with Gasteiger partial charge in [-0.3, -0.25) is 4.79 Å². The van der Waals surface area contributed by atoms with Gasteiger partial charge in [-0.2, -0.15) is 0 Å². The van der Waals surface area contributed by atoms with E-state index in [2.05, 4.69) is 5.32 Å². The molecule has 1 amide bonds. The molecule has 1 aliphatic rings. The Hall–Kier alpha value is -1.84. The Morgan fingerprint density at radius 1 is 1.56 bits per heavy atom. The Labute approximate surface area is 106 Å². The van der Waals surface area contributed by atoms with Crippen LogP contribution in [0.3, 0.4) is 0 Å². The molecule has 0 spiro atoms. The lowest BCUT2D eigenvalue weighted by Gasteiger charge is -2.10. The van der Waals surface area contributed by atoms with Gasteiger partial charge >= 0.3 is 0 Å². The molecule has 96 valence electrons. The SMILES string of the molecule is CC(C)=CC(=O)NC[C@@H]1Cc2cc(F)ccc2O1. The van der Waals surface area contributed by atoms with Crippen molar-refractivity contribution in [2.45, 2.75) is 26.4 Å².